The first-order chi connectivity index (χ1) is 9.47. The molecule has 0 saturated heterocycles. The SMILES string of the molecule is CNC(c1cccc(C)c1F)c1c(F)ccc(Br)c1F. The third-order valence-corrected chi connectivity index (χ3v) is 3.80. The van der Waals surface area contributed by atoms with Crippen LogP contribution < -0.4 is 5.32 Å². The van der Waals surface area contributed by atoms with E-state index in [4.69, 9.17) is 0 Å². The van der Waals surface area contributed by atoms with Crippen LogP contribution in [0.25, 0.3) is 0 Å². The summed E-state index contributed by atoms with van der Waals surface area (Å²) in [6.45, 7) is 1.61. The summed E-state index contributed by atoms with van der Waals surface area (Å²) < 4.78 is 42.5. The molecule has 5 heteroatoms. The zero-order chi connectivity index (χ0) is 14.9. The Morgan fingerprint density at radius 1 is 1.05 bits per heavy atom. The lowest BCUT2D eigenvalue weighted by atomic mass is 9.96. The Morgan fingerprint density at radius 3 is 2.40 bits per heavy atom. The van der Waals surface area contributed by atoms with Crippen molar-refractivity contribution in [1.82, 2.24) is 5.32 Å². The van der Waals surface area contributed by atoms with Crippen molar-refractivity contribution in [3.63, 3.8) is 0 Å². The van der Waals surface area contributed by atoms with Gasteiger partial charge in [0.15, 0.2) is 0 Å². The minimum atomic E-state index is -0.896. The summed E-state index contributed by atoms with van der Waals surface area (Å²) in [6, 6.07) is 6.33. The standard InChI is InChI=1S/C15H13BrF3N/c1-8-4-3-5-9(13(8)18)15(20-2)12-11(17)7-6-10(16)14(12)19/h3-7,15,20H,1-2H3. The number of benzene rings is 2. The zero-order valence-electron chi connectivity index (χ0n) is 11.0. The Hall–Kier alpha value is -1.33. The van der Waals surface area contributed by atoms with Crippen LogP contribution in [0, 0.1) is 24.4 Å². The average molecular weight is 344 g/mol. The van der Waals surface area contributed by atoms with Gasteiger partial charge in [0, 0.05) is 11.1 Å². The van der Waals surface area contributed by atoms with Crippen LogP contribution in [0.1, 0.15) is 22.7 Å². The van der Waals surface area contributed by atoms with Gasteiger partial charge in [0.05, 0.1) is 10.5 Å². The van der Waals surface area contributed by atoms with Crippen molar-refractivity contribution in [1.29, 1.82) is 0 Å². The van der Waals surface area contributed by atoms with Crippen molar-refractivity contribution < 1.29 is 13.2 Å². The van der Waals surface area contributed by atoms with Gasteiger partial charge >= 0.3 is 0 Å². The highest BCUT2D eigenvalue weighted by Gasteiger charge is 2.25. The van der Waals surface area contributed by atoms with Crippen molar-refractivity contribution in [3.8, 4) is 0 Å². The molecule has 0 aliphatic heterocycles. The molecule has 1 unspecified atom stereocenters. The molecule has 0 aliphatic carbocycles. The lowest BCUT2D eigenvalue weighted by Crippen LogP contribution is -2.22. The van der Waals surface area contributed by atoms with Crippen molar-refractivity contribution in [2.75, 3.05) is 7.05 Å². The van der Waals surface area contributed by atoms with E-state index in [0.29, 0.717) is 5.56 Å². The fourth-order valence-electron chi connectivity index (χ4n) is 2.16. The first-order valence-electron chi connectivity index (χ1n) is 6.03. The highest BCUT2D eigenvalue weighted by molar-refractivity contribution is 9.10. The second kappa shape index (κ2) is 5.97. The van der Waals surface area contributed by atoms with Crippen LogP contribution in [-0.4, -0.2) is 7.05 Å². The van der Waals surface area contributed by atoms with Gasteiger partial charge < -0.3 is 5.32 Å². The molecule has 1 atom stereocenters. The van der Waals surface area contributed by atoms with E-state index in [0.717, 1.165) is 6.07 Å². The van der Waals surface area contributed by atoms with Gasteiger partial charge in [-0.2, -0.15) is 0 Å². The van der Waals surface area contributed by atoms with E-state index < -0.39 is 23.5 Å². The number of hydrogen-bond acceptors (Lipinski definition) is 1. The molecule has 0 spiro atoms. The number of aryl methyl sites for hydroxylation is 1. The molecular formula is C15H13BrF3N. The minimum absolute atomic E-state index is 0.141. The maximum atomic E-state index is 14.2. The Bertz CT molecular complexity index is 643. The van der Waals surface area contributed by atoms with E-state index in [1.54, 1.807) is 19.1 Å². The predicted molar refractivity (Wildman–Crippen MR) is 76.1 cm³/mol. The van der Waals surface area contributed by atoms with Crippen LogP contribution in [0.2, 0.25) is 0 Å². The molecule has 0 aromatic heterocycles. The molecule has 2 aromatic carbocycles. The molecule has 1 nitrogen and oxygen atoms in total. The van der Waals surface area contributed by atoms with Crippen LogP contribution in [0.5, 0.6) is 0 Å². The first kappa shape index (κ1) is 15.1. The number of hydrogen-bond donors (Lipinski definition) is 1. The molecule has 0 aliphatic rings. The molecule has 0 radical (unpaired) electrons. The predicted octanol–water partition coefficient (Wildman–Crippen LogP) is 4.48. The lowest BCUT2D eigenvalue weighted by molar-refractivity contribution is 0.503. The number of halogens is 4. The lowest BCUT2D eigenvalue weighted by Gasteiger charge is -2.20. The first-order valence-corrected chi connectivity index (χ1v) is 6.82. The van der Waals surface area contributed by atoms with Gasteiger partial charge in [-0.05, 0) is 47.6 Å². The van der Waals surface area contributed by atoms with Crippen molar-refractivity contribution in [2.45, 2.75) is 13.0 Å². The van der Waals surface area contributed by atoms with Crippen LogP contribution in [0.15, 0.2) is 34.8 Å². The summed E-state index contributed by atoms with van der Waals surface area (Å²) in [5, 5.41) is 2.77. The second-order valence-electron chi connectivity index (χ2n) is 4.46. The Labute approximate surface area is 123 Å². The molecule has 2 rings (SSSR count). The third kappa shape index (κ3) is 2.60. The van der Waals surface area contributed by atoms with Crippen molar-refractivity contribution in [2.24, 2.45) is 0 Å². The van der Waals surface area contributed by atoms with Gasteiger partial charge in [-0.3, -0.25) is 0 Å². The fourth-order valence-corrected chi connectivity index (χ4v) is 2.50. The zero-order valence-corrected chi connectivity index (χ0v) is 12.6. The summed E-state index contributed by atoms with van der Waals surface area (Å²) >= 11 is 3.02. The highest BCUT2D eigenvalue weighted by Crippen LogP contribution is 2.32. The normalized spacial score (nSPS) is 12.5. The van der Waals surface area contributed by atoms with E-state index in [-0.39, 0.29) is 15.6 Å². The number of rotatable bonds is 3. The van der Waals surface area contributed by atoms with Gasteiger partial charge in [0.1, 0.15) is 17.5 Å². The second-order valence-corrected chi connectivity index (χ2v) is 5.31. The highest BCUT2D eigenvalue weighted by atomic mass is 79.9. The van der Waals surface area contributed by atoms with E-state index in [1.165, 1.54) is 19.2 Å². The van der Waals surface area contributed by atoms with Crippen molar-refractivity contribution >= 4 is 15.9 Å². The Balaban J connectivity index is 2.65. The molecule has 0 bridgehead atoms. The van der Waals surface area contributed by atoms with Crippen LogP contribution >= 0.6 is 15.9 Å². The fraction of sp³-hybridized carbons (Fsp3) is 0.200. The molecule has 1 N–H and O–H groups in total. The molecule has 20 heavy (non-hydrogen) atoms. The molecule has 2 aromatic rings. The van der Waals surface area contributed by atoms with E-state index in [2.05, 4.69) is 21.2 Å². The minimum Gasteiger partial charge on any atom is -0.309 e. The molecule has 0 heterocycles. The van der Waals surface area contributed by atoms with E-state index in [1.807, 2.05) is 0 Å². The Morgan fingerprint density at radius 2 is 1.75 bits per heavy atom. The molecule has 0 amide bonds. The van der Waals surface area contributed by atoms with Crippen molar-refractivity contribution in [3.05, 3.63) is 68.9 Å². The van der Waals surface area contributed by atoms with Gasteiger partial charge in [-0.25, -0.2) is 13.2 Å². The largest absolute Gasteiger partial charge is 0.309 e. The summed E-state index contributed by atoms with van der Waals surface area (Å²) in [7, 11) is 1.53. The number of nitrogens with one attached hydrogen (secondary N) is 1. The van der Waals surface area contributed by atoms with Crippen LogP contribution in [0.4, 0.5) is 13.2 Å². The van der Waals surface area contributed by atoms with Crippen LogP contribution in [-0.2, 0) is 0 Å². The molecule has 0 saturated carbocycles. The Kier molecular flexibility index (Phi) is 4.50. The maximum Gasteiger partial charge on any atom is 0.145 e. The topological polar surface area (TPSA) is 12.0 Å². The summed E-state index contributed by atoms with van der Waals surface area (Å²) in [5.41, 5.74) is 0.438. The average Bonchev–Trinajstić information content (AvgIpc) is 2.43. The van der Waals surface area contributed by atoms with Gasteiger partial charge in [0.2, 0.25) is 0 Å². The van der Waals surface area contributed by atoms with Crippen LogP contribution in [0.3, 0.4) is 0 Å². The smallest absolute Gasteiger partial charge is 0.145 e. The van der Waals surface area contributed by atoms with Gasteiger partial charge in [-0.15, -0.1) is 0 Å². The van der Waals surface area contributed by atoms with E-state index >= 15 is 0 Å². The quantitative estimate of drug-likeness (QED) is 0.810. The summed E-state index contributed by atoms with van der Waals surface area (Å²) in [5.74, 6) is -1.91. The summed E-state index contributed by atoms with van der Waals surface area (Å²) in [6.07, 6.45) is 0. The summed E-state index contributed by atoms with van der Waals surface area (Å²) in [4.78, 5) is 0. The van der Waals surface area contributed by atoms with Gasteiger partial charge in [0.25, 0.3) is 0 Å². The maximum absolute atomic E-state index is 14.2. The monoisotopic (exact) mass is 343 g/mol. The molecule has 106 valence electrons. The molecule has 0 fully saturated rings. The molecular weight excluding hydrogens is 331 g/mol. The van der Waals surface area contributed by atoms with E-state index in [9.17, 15) is 13.2 Å². The third-order valence-electron chi connectivity index (χ3n) is 3.19. The van der Waals surface area contributed by atoms with Gasteiger partial charge in [-0.1, -0.05) is 18.2 Å².